The van der Waals surface area contributed by atoms with Crippen LogP contribution in [-0.2, 0) is 20.9 Å². The molecular weight excluding hydrogens is 252 g/mol. The second-order valence-electron chi connectivity index (χ2n) is 4.14. The van der Waals surface area contributed by atoms with E-state index in [1.807, 2.05) is 11.4 Å². The smallest absolute Gasteiger partial charge is 0.328 e. The number of carbonyl (C=O) groups is 1. The van der Waals surface area contributed by atoms with Crippen LogP contribution >= 0.6 is 11.3 Å². The van der Waals surface area contributed by atoms with Gasteiger partial charge in [-0.3, -0.25) is 0 Å². The number of carboxylic acid groups (broad SMARTS) is 1. The van der Waals surface area contributed by atoms with Gasteiger partial charge in [0.15, 0.2) is 0 Å². The van der Waals surface area contributed by atoms with E-state index in [1.54, 1.807) is 17.4 Å². The Hall–Kier alpha value is -1.17. The highest BCUT2D eigenvalue weighted by Gasteiger charge is 2.14. The summed E-state index contributed by atoms with van der Waals surface area (Å²) < 4.78 is 11.1. The summed E-state index contributed by atoms with van der Waals surface area (Å²) in [6.07, 6.45) is 4.94. The third-order valence-corrected chi connectivity index (χ3v) is 3.65. The summed E-state index contributed by atoms with van der Waals surface area (Å²) in [7, 11) is 0. The van der Waals surface area contributed by atoms with Gasteiger partial charge in [-0.15, -0.1) is 11.3 Å². The maximum atomic E-state index is 10.4. The Balaban J connectivity index is 1.80. The van der Waals surface area contributed by atoms with E-state index in [9.17, 15) is 4.79 Å². The Morgan fingerprint density at radius 3 is 3.06 bits per heavy atom. The first-order valence-corrected chi connectivity index (χ1v) is 6.80. The van der Waals surface area contributed by atoms with Crippen molar-refractivity contribution in [3.8, 4) is 0 Å². The number of hydrogen-bond acceptors (Lipinski definition) is 4. The number of thiophene rings is 1. The molecule has 1 aromatic heterocycles. The molecule has 0 radical (unpaired) electrons. The summed E-state index contributed by atoms with van der Waals surface area (Å²) in [5, 5.41) is 10.5. The van der Waals surface area contributed by atoms with E-state index in [1.165, 1.54) is 0 Å². The normalized spacial score (nSPS) is 17.3. The zero-order valence-electron chi connectivity index (χ0n) is 10.0. The van der Waals surface area contributed by atoms with Gasteiger partial charge in [0.1, 0.15) is 0 Å². The summed E-state index contributed by atoms with van der Waals surface area (Å²) >= 11 is 1.59. The van der Waals surface area contributed by atoms with Crippen molar-refractivity contribution < 1.29 is 19.4 Å². The maximum Gasteiger partial charge on any atom is 0.328 e. The van der Waals surface area contributed by atoms with E-state index < -0.39 is 5.97 Å². The van der Waals surface area contributed by atoms with Gasteiger partial charge >= 0.3 is 5.97 Å². The highest BCUT2D eigenvalue weighted by Crippen LogP contribution is 2.19. The van der Waals surface area contributed by atoms with Crippen molar-refractivity contribution in [2.24, 2.45) is 0 Å². The summed E-state index contributed by atoms with van der Waals surface area (Å²) in [5.41, 5.74) is 0.910. The molecule has 1 saturated heterocycles. The standard InChI is InChI=1S/C13H16O4S/c14-13(15)2-1-10-7-12(18-9-10)8-17-11-3-5-16-6-4-11/h1-2,7,9,11H,3-6,8H2,(H,14,15). The van der Waals surface area contributed by atoms with E-state index in [0.29, 0.717) is 12.7 Å². The van der Waals surface area contributed by atoms with Crippen molar-refractivity contribution >= 4 is 23.4 Å². The number of aliphatic carboxylic acids is 1. The lowest BCUT2D eigenvalue weighted by atomic mass is 10.1. The van der Waals surface area contributed by atoms with Crippen molar-refractivity contribution in [3.63, 3.8) is 0 Å². The van der Waals surface area contributed by atoms with E-state index in [-0.39, 0.29) is 0 Å². The number of carboxylic acids is 1. The molecule has 0 saturated carbocycles. The van der Waals surface area contributed by atoms with Gasteiger partial charge in [0.2, 0.25) is 0 Å². The molecule has 0 spiro atoms. The summed E-state index contributed by atoms with van der Waals surface area (Å²) in [6.45, 7) is 2.15. The lowest BCUT2D eigenvalue weighted by molar-refractivity contribution is -0.131. The lowest BCUT2D eigenvalue weighted by Gasteiger charge is -2.21. The minimum absolute atomic E-state index is 0.291. The highest BCUT2D eigenvalue weighted by atomic mass is 32.1. The molecule has 1 aliphatic rings. The first kappa shape index (κ1) is 13.3. The Kier molecular flexibility index (Phi) is 4.92. The average Bonchev–Trinajstić information content (AvgIpc) is 2.83. The molecule has 5 heteroatoms. The molecule has 0 bridgehead atoms. The third kappa shape index (κ3) is 4.25. The van der Waals surface area contributed by atoms with E-state index >= 15 is 0 Å². The topological polar surface area (TPSA) is 55.8 Å². The van der Waals surface area contributed by atoms with Gasteiger partial charge in [-0.25, -0.2) is 4.79 Å². The van der Waals surface area contributed by atoms with Gasteiger partial charge in [0.25, 0.3) is 0 Å². The third-order valence-electron chi connectivity index (χ3n) is 2.72. The molecule has 0 atom stereocenters. The second-order valence-corrected chi connectivity index (χ2v) is 5.14. The summed E-state index contributed by atoms with van der Waals surface area (Å²) in [6, 6.07) is 1.96. The van der Waals surface area contributed by atoms with E-state index in [0.717, 1.165) is 42.6 Å². The van der Waals surface area contributed by atoms with Gasteiger partial charge < -0.3 is 14.6 Å². The summed E-state index contributed by atoms with van der Waals surface area (Å²) in [4.78, 5) is 11.5. The van der Waals surface area contributed by atoms with Crippen molar-refractivity contribution in [1.29, 1.82) is 0 Å². The van der Waals surface area contributed by atoms with Crippen molar-refractivity contribution in [2.45, 2.75) is 25.6 Å². The molecule has 1 aliphatic heterocycles. The molecule has 1 fully saturated rings. The molecule has 0 aromatic carbocycles. The second kappa shape index (κ2) is 6.68. The Bertz CT molecular complexity index is 418. The highest BCUT2D eigenvalue weighted by molar-refractivity contribution is 7.10. The van der Waals surface area contributed by atoms with E-state index in [2.05, 4.69) is 0 Å². The molecule has 2 heterocycles. The quantitative estimate of drug-likeness (QED) is 0.834. The minimum atomic E-state index is -0.929. The van der Waals surface area contributed by atoms with Crippen LogP contribution in [0.4, 0.5) is 0 Å². The molecular formula is C13H16O4S. The fraction of sp³-hybridized carbons (Fsp3) is 0.462. The zero-order valence-corrected chi connectivity index (χ0v) is 10.8. The van der Waals surface area contributed by atoms with E-state index in [4.69, 9.17) is 14.6 Å². The van der Waals surface area contributed by atoms with Crippen LogP contribution in [0.1, 0.15) is 23.3 Å². The molecule has 1 N–H and O–H groups in total. The number of hydrogen-bond donors (Lipinski definition) is 1. The van der Waals surface area contributed by atoms with Gasteiger partial charge in [0.05, 0.1) is 12.7 Å². The monoisotopic (exact) mass is 268 g/mol. The molecule has 0 amide bonds. The molecule has 0 unspecified atom stereocenters. The first-order chi connectivity index (χ1) is 8.74. The lowest BCUT2D eigenvalue weighted by Crippen LogP contribution is -2.23. The number of rotatable bonds is 5. The van der Waals surface area contributed by atoms with Crippen molar-refractivity contribution in [2.75, 3.05) is 13.2 Å². The zero-order chi connectivity index (χ0) is 12.8. The summed E-state index contributed by atoms with van der Waals surface area (Å²) in [5.74, 6) is -0.929. The molecule has 18 heavy (non-hydrogen) atoms. The predicted octanol–water partition coefficient (Wildman–Crippen LogP) is 2.54. The Morgan fingerprint density at radius 1 is 1.56 bits per heavy atom. The van der Waals surface area contributed by atoms with Gasteiger partial charge in [0, 0.05) is 24.2 Å². The largest absolute Gasteiger partial charge is 0.478 e. The number of ether oxygens (including phenoxy) is 2. The Morgan fingerprint density at radius 2 is 2.33 bits per heavy atom. The molecule has 1 aromatic rings. The Labute approximate surface area is 110 Å². The van der Waals surface area contributed by atoms with Crippen LogP contribution in [0.2, 0.25) is 0 Å². The van der Waals surface area contributed by atoms with Crippen LogP contribution in [0, 0.1) is 0 Å². The first-order valence-electron chi connectivity index (χ1n) is 5.92. The minimum Gasteiger partial charge on any atom is -0.478 e. The SMILES string of the molecule is O=C(O)C=Cc1csc(COC2CCOCC2)c1. The molecule has 2 rings (SSSR count). The van der Waals surface area contributed by atoms with Crippen LogP contribution in [0.15, 0.2) is 17.5 Å². The fourth-order valence-corrected chi connectivity index (χ4v) is 2.55. The average molecular weight is 268 g/mol. The molecule has 4 nitrogen and oxygen atoms in total. The van der Waals surface area contributed by atoms with Crippen LogP contribution in [0.25, 0.3) is 6.08 Å². The van der Waals surface area contributed by atoms with Gasteiger partial charge in [-0.05, 0) is 35.9 Å². The molecule has 98 valence electrons. The van der Waals surface area contributed by atoms with Crippen LogP contribution < -0.4 is 0 Å². The van der Waals surface area contributed by atoms with Crippen LogP contribution in [0.5, 0.6) is 0 Å². The molecule has 0 aliphatic carbocycles. The van der Waals surface area contributed by atoms with Crippen LogP contribution in [-0.4, -0.2) is 30.4 Å². The van der Waals surface area contributed by atoms with Gasteiger partial charge in [-0.1, -0.05) is 0 Å². The fourth-order valence-electron chi connectivity index (χ4n) is 1.77. The van der Waals surface area contributed by atoms with Crippen molar-refractivity contribution in [3.05, 3.63) is 28.0 Å². The van der Waals surface area contributed by atoms with Gasteiger partial charge in [-0.2, -0.15) is 0 Å². The van der Waals surface area contributed by atoms with Crippen LogP contribution in [0.3, 0.4) is 0 Å². The predicted molar refractivity (Wildman–Crippen MR) is 69.6 cm³/mol. The van der Waals surface area contributed by atoms with Crippen molar-refractivity contribution in [1.82, 2.24) is 0 Å². The maximum absolute atomic E-state index is 10.4.